The lowest BCUT2D eigenvalue weighted by molar-refractivity contribution is -0.126. The van der Waals surface area contributed by atoms with Gasteiger partial charge in [-0.1, -0.05) is 0 Å². The molecule has 1 unspecified atom stereocenters. The van der Waals surface area contributed by atoms with Crippen molar-refractivity contribution in [1.82, 2.24) is 20.4 Å². The molecular weight excluding hydrogens is 282 g/mol. The van der Waals surface area contributed by atoms with Crippen LogP contribution in [0.15, 0.2) is 6.07 Å². The number of nitrogens with one attached hydrogen (secondary N) is 2. The van der Waals surface area contributed by atoms with E-state index in [1.807, 2.05) is 6.07 Å². The molecule has 2 fully saturated rings. The number of H-pyrrole nitrogens is 1. The Bertz CT molecular complexity index is 552. The van der Waals surface area contributed by atoms with Crippen molar-refractivity contribution < 1.29 is 9.59 Å². The van der Waals surface area contributed by atoms with Crippen LogP contribution in [0.4, 0.5) is 0 Å². The zero-order chi connectivity index (χ0) is 15.5. The Kier molecular flexibility index (Phi) is 4.42. The predicted molar refractivity (Wildman–Crippen MR) is 81.3 cm³/mol. The van der Waals surface area contributed by atoms with E-state index in [1.165, 1.54) is 12.8 Å². The van der Waals surface area contributed by atoms with E-state index in [-0.39, 0.29) is 17.7 Å². The minimum Gasteiger partial charge on any atom is -0.355 e. The number of piperidine rings is 1. The van der Waals surface area contributed by atoms with Crippen molar-refractivity contribution >= 4 is 11.8 Å². The van der Waals surface area contributed by atoms with Gasteiger partial charge in [0.25, 0.3) is 5.91 Å². The first kappa shape index (κ1) is 15.0. The van der Waals surface area contributed by atoms with Crippen LogP contribution in [0.3, 0.4) is 0 Å². The van der Waals surface area contributed by atoms with E-state index in [1.54, 1.807) is 4.90 Å². The van der Waals surface area contributed by atoms with Crippen molar-refractivity contribution in [3.8, 4) is 0 Å². The predicted octanol–water partition coefficient (Wildman–Crippen LogP) is 0.214. The Balaban J connectivity index is 1.60. The Morgan fingerprint density at radius 2 is 2.23 bits per heavy atom. The normalized spacial score (nSPS) is 21.7. The molecule has 120 valence electrons. The first-order valence-electron chi connectivity index (χ1n) is 8.01. The van der Waals surface area contributed by atoms with Crippen LogP contribution in [0.5, 0.6) is 0 Å². The first-order chi connectivity index (χ1) is 10.7. The number of nitrogens with zero attached hydrogens (tertiary/aromatic N) is 2. The Morgan fingerprint density at radius 1 is 1.41 bits per heavy atom. The minimum atomic E-state index is -0.147. The minimum absolute atomic E-state index is 0.0105. The zero-order valence-electron chi connectivity index (χ0n) is 12.7. The lowest BCUT2D eigenvalue weighted by Gasteiger charge is -2.31. The molecule has 0 spiro atoms. The summed E-state index contributed by atoms with van der Waals surface area (Å²) in [6.07, 6.45) is 3.99. The van der Waals surface area contributed by atoms with Crippen LogP contribution >= 0.6 is 0 Å². The molecule has 1 atom stereocenters. The van der Waals surface area contributed by atoms with Crippen molar-refractivity contribution in [3.05, 3.63) is 17.5 Å². The number of aromatic amines is 1. The lowest BCUT2D eigenvalue weighted by Crippen LogP contribution is -2.46. The molecule has 22 heavy (non-hydrogen) atoms. The number of aromatic nitrogens is 2. The second-order valence-corrected chi connectivity index (χ2v) is 6.15. The first-order valence-corrected chi connectivity index (χ1v) is 8.01. The van der Waals surface area contributed by atoms with Crippen LogP contribution in [0.2, 0.25) is 0 Å². The second kappa shape index (κ2) is 6.48. The van der Waals surface area contributed by atoms with Gasteiger partial charge in [0.05, 0.1) is 5.92 Å². The van der Waals surface area contributed by atoms with Gasteiger partial charge in [0.2, 0.25) is 5.91 Å². The molecule has 0 radical (unpaired) electrons. The molecule has 3 rings (SSSR count). The fraction of sp³-hybridized carbons (Fsp3) is 0.667. The molecule has 2 heterocycles. The molecule has 7 heteroatoms. The molecule has 1 saturated carbocycles. The Hall–Kier alpha value is -1.89. The van der Waals surface area contributed by atoms with Crippen molar-refractivity contribution in [2.75, 3.05) is 26.2 Å². The third-order valence-corrected chi connectivity index (χ3v) is 4.36. The quantitative estimate of drug-likeness (QED) is 0.723. The summed E-state index contributed by atoms with van der Waals surface area (Å²) in [6, 6.07) is 1.86. The standard InChI is InChI=1S/C15H23N5O2/c16-5-6-17-14(21)11-2-1-7-20(9-11)15(22)13-8-12(18-19-13)10-3-4-10/h8,10-11H,1-7,9,16H2,(H,17,21)(H,18,19). The molecule has 4 N–H and O–H groups in total. The maximum Gasteiger partial charge on any atom is 0.274 e. The van der Waals surface area contributed by atoms with E-state index in [9.17, 15) is 9.59 Å². The highest BCUT2D eigenvalue weighted by atomic mass is 16.2. The highest BCUT2D eigenvalue weighted by molar-refractivity contribution is 5.93. The number of carbonyl (C=O) groups excluding carboxylic acids is 2. The van der Waals surface area contributed by atoms with E-state index < -0.39 is 0 Å². The summed E-state index contributed by atoms with van der Waals surface area (Å²) >= 11 is 0. The van der Waals surface area contributed by atoms with Crippen LogP contribution in [0.1, 0.15) is 47.8 Å². The molecule has 1 saturated heterocycles. The molecule has 7 nitrogen and oxygen atoms in total. The van der Waals surface area contributed by atoms with E-state index >= 15 is 0 Å². The van der Waals surface area contributed by atoms with E-state index in [0.717, 1.165) is 18.5 Å². The highest BCUT2D eigenvalue weighted by Gasteiger charge is 2.31. The Labute approximate surface area is 129 Å². The maximum absolute atomic E-state index is 12.5. The number of hydrogen-bond donors (Lipinski definition) is 3. The second-order valence-electron chi connectivity index (χ2n) is 6.15. The summed E-state index contributed by atoms with van der Waals surface area (Å²) in [5.41, 5.74) is 6.91. The Morgan fingerprint density at radius 3 is 2.95 bits per heavy atom. The molecule has 1 aliphatic heterocycles. The summed E-state index contributed by atoms with van der Waals surface area (Å²) in [7, 11) is 0. The number of nitrogens with two attached hydrogens (primary N) is 1. The van der Waals surface area contributed by atoms with Crippen LogP contribution < -0.4 is 11.1 Å². The topological polar surface area (TPSA) is 104 Å². The van der Waals surface area contributed by atoms with Crippen LogP contribution in [-0.2, 0) is 4.79 Å². The van der Waals surface area contributed by atoms with Gasteiger partial charge in [0.15, 0.2) is 0 Å². The van der Waals surface area contributed by atoms with Crippen molar-refractivity contribution in [2.45, 2.75) is 31.6 Å². The third kappa shape index (κ3) is 3.30. The number of likely N-dealkylation sites (tertiary alicyclic amines) is 1. The summed E-state index contributed by atoms with van der Waals surface area (Å²) < 4.78 is 0. The lowest BCUT2D eigenvalue weighted by atomic mass is 9.97. The average molecular weight is 305 g/mol. The maximum atomic E-state index is 12.5. The van der Waals surface area contributed by atoms with Crippen molar-refractivity contribution in [3.63, 3.8) is 0 Å². The molecule has 0 bridgehead atoms. The van der Waals surface area contributed by atoms with Gasteiger partial charge in [0, 0.05) is 37.8 Å². The zero-order valence-corrected chi connectivity index (χ0v) is 12.7. The monoisotopic (exact) mass is 305 g/mol. The van der Waals surface area contributed by atoms with Crippen LogP contribution in [0, 0.1) is 5.92 Å². The molecule has 0 aromatic carbocycles. The molecular formula is C15H23N5O2. The smallest absolute Gasteiger partial charge is 0.274 e. The van der Waals surface area contributed by atoms with Gasteiger partial charge in [0.1, 0.15) is 5.69 Å². The summed E-state index contributed by atoms with van der Waals surface area (Å²) in [5, 5.41) is 9.90. The van der Waals surface area contributed by atoms with Gasteiger partial charge >= 0.3 is 0 Å². The molecule has 2 aliphatic rings. The number of amides is 2. The van der Waals surface area contributed by atoms with Crippen LogP contribution in [-0.4, -0.2) is 53.1 Å². The number of carbonyl (C=O) groups is 2. The summed E-state index contributed by atoms with van der Waals surface area (Å²) in [6.45, 7) is 2.05. The summed E-state index contributed by atoms with van der Waals surface area (Å²) in [4.78, 5) is 26.3. The molecule has 2 amide bonds. The molecule has 1 aromatic heterocycles. The van der Waals surface area contributed by atoms with Gasteiger partial charge in [-0.15, -0.1) is 0 Å². The summed E-state index contributed by atoms with van der Waals surface area (Å²) in [5.74, 6) is 0.305. The molecule has 1 aliphatic carbocycles. The van der Waals surface area contributed by atoms with E-state index in [4.69, 9.17) is 5.73 Å². The highest BCUT2D eigenvalue weighted by Crippen LogP contribution is 2.39. The van der Waals surface area contributed by atoms with Gasteiger partial charge in [-0.25, -0.2) is 0 Å². The number of hydrogen-bond acceptors (Lipinski definition) is 4. The van der Waals surface area contributed by atoms with Gasteiger partial charge in [-0.2, -0.15) is 5.10 Å². The third-order valence-electron chi connectivity index (χ3n) is 4.36. The largest absolute Gasteiger partial charge is 0.355 e. The molecule has 1 aromatic rings. The van der Waals surface area contributed by atoms with Crippen molar-refractivity contribution in [1.29, 1.82) is 0 Å². The van der Waals surface area contributed by atoms with E-state index in [2.05, 4.69) is 15.5 Å². The fourth-order valence-electron chi connectivity index (χ4n) is 2.93. The fourth-order valence-corrected chi connectivity index (χ4v) is 2.93. The van der Waals surface area contributed by atoms with Crippen molar-refractivity contribution in [2.24, 2.45) is 11.7 Å². The number of rotatable bonds is 5. The van der Waals surface area contributed by atoms with Gasteiger partial charge < -0.3 is 16.0 Å². The average Bonchev–Trinajstić information content (AvgIpc) is 3.29. The SMILES string of the molecule is NCCNC(=O)C1CCCN(C(=O)c2cc(C3CC3)[nH]n2)C1. The van der Waals surface area contributed by atoms with E-state index in [0.29, 0.717) is 37.8 Å². The van der Waals surface area contributed by atoms with Gasteiger partial charge in [-0.05, 0) is 31.7 Å². The van der Waals surface area contributed by atoms with Crippen LogP contribution in [0.25, 0.3) is 0 Å². The van der Waals surface area contributed by atoms with Gasteiger partial charge in [-0.3, -0.25) is 14.7 Å².